The highest BCUT2D eigenvalue weighted by Gasteiger charge is 2.15. The van der Waals surface area contributed by atoms with Crippen molar-refractivity contribution in [3.8, 4) is 0 Å². The molecule has 0 saturated carbocycles. The molecule has 0 unspecified atom stereocenters. The minimum Gasteiger partial charge on any atom is -0.326 e. The number of nitrogens with two attached hydrogens (primary N) is 1. The second-order valence-corrected chi connectivity index (χ2v) is 7.13. The van der Waals surface area contributed by atoms with Gasteiger partial charge in [0.15, 0.2) is 9.84 Å². The second kappa shape index (κ2) is 5.75. The number of hydrogen-bond acceptors (Lipinski definition) is 5. The topological polar surface area (TPSA) is 73.0 Å². The SMILES string of the molecule is CCCc1nc(CS(=O)(=O)CC)sc1CN. The summed E-state index contributed by atoms with van der Waals surface area (Å²) in [5, 5.41) is 0.672. The molecule has 0 atom stereocenters. The van der Waals surface area contributed by atoms with Crippen LogP contribution in [0.15, 0.2) is 0 Å². The first-order chi connectivity index (χ1) is 7.52. The van der Waals surface area contributed by atoms with Crippen LogP contribution >= 0.6 is 11.3 Å². The summed E-state index contributed by atoms with van der Waals surface area (Å²) in [6.45, 7) is 4.17. The van der Waals surface area contributed by atoms with E-state index in [0.717, 1.165) is 23.4 Å². The Bertz CT molecular complexity index is 438. The van der Waals surface area contributed by atoms with Gasteiger partial charge in [-0.25, -0.2) is 13.4 Å². The molecule has 0 aliphatic carbocycles. The number of hydrogen-bond donors (Lipinski definition) is 1. The predicted molar refractivity (Wildman–Crippen MR) is 67.2 cm³/mol. The maximum Gasteiger partial charge on any atom is 0.156 e. The van der Waals surface area contributed by atoms with Crippen LogP contribution in [0.4, 0.5) is 0 Å². The Morgan fingerprint density at radius 2 is 2.06 bits per heavy atom. The third kappa shape index (κ3) is 3.54. The van der Waals surface area contributed by atoms with E-state index in [2.05, 4.69) is 11.9 Å². The monoisotopic (exact) mass is 262 g/mol. The number of aryl methyl sites for hydroxylation is 1. The van der Waals surface area contributed by atoms with Crippen LogP contribution in [-0.2, 0) is 28.6 Å². The molecular weight excluding hydrogens is 244 g/mol. The first kappa shape index (κ1) is 13.6. The minimum atomic E-state index is -2.99. The lowest BCUT2D eigenvalue weighted by atomic mass is 10.2. The van der Waals surface area contributed by atoms with Crippen LogP contribution in [0, 0.1) is 0 Å². The molecule has 0 fully saturated rings. The molecular formula is C10H18N2O2S2. The molecule has 0 amide bonds. The van der Waals surface area contributed by atoms with E-state index in [1.54, 1.807) is 6.92 Å². The normalized spacial score (nSPS) is 11.9. The van der Waals surface area contributed by atoms with Gasteiger partial charge in [-0.1, -0.05) is 20.3 Å². The average molecular weight is 262 g/mol. The first-order valence-corrected chi connectivity index (χ1v) is 8.04. The van der Waals surface area contributed by atoms with Crippen LogP contribution in [0.5, 0.6) is 0 Å². The molecule has 1 rings (SSSR count). The third-order valence-corrected chi connectivity index (χ3v) is 5.17. The van der Waals surface area contributed by atoms with Crippen LogP contribution in [0.2, 0.25) is 0 Å². The van der Waals surface area contributed by atoms with Gasteiger partial charge in [-0.05, 0) is 6.42 Å². The molecule has 0 saturated heterocycles. The molecule has 0 aliphatic rings. The highest BCUT2D eigenvalue weighted by atomic mass is 32.2. The summed E-state index contributed by atoms with van der Waals surface area (Å²) in [7, 11) is -2.99. The van der Waals surface area contributed by atoms with Crippen molar-refractivity contribution in [1.29, 1.82) is 0 Å². The van der Waals surface area contributed by atoms with Crippen molar-refractivity contribution < 1.29 is 8.42 Å². The van der Waals surface area contributed by atoms with Gasteiger partial charge in [0.05, 0.1) is 5.69 Å². The van der Waals surface area contributed by atoms with Crippen molar-refractivity contribution in [3.05, 3.63) is 15.6 Å². The maximum absolute atomic E-state index is 11.5. The summed E-state index contributed by atoms with van der Waals surface area (Å²) < 4.78 is 22.9. The van der Waals surface area contributed by atoms with Gasteiger partial charge >= 0.3 is 0 Å². The number of aromatic nitrogens is 1. The molecule has 6 heteroatoms. The van der Waals surface area contributed by atoms with E-state index < -0.39 is 9.84 Å². The standard InChI is InChI=1S/C10H18N2O2S2/c1-3-5-8-9(6-11)15-10(12-8)7-16(13,14)4-2/h3-7,11H2,1-2H3. The average Bonchev–Trinajstić information content (AvgIpc) is 2.60. The summed E-state index contributed by atoms with van der Waals surface area (Å²) >= 11 is 1.43. The van der Waals surface area contributed by atoms with Crippen LogP contribution < -0.4 is 5.73 Å². The van der Waals surface area contributed by atoms with Gasteiger partial charge in [0.25, 0.3) is 0 Å². The van der Waals surface area contributed by atoms with Crippen molar-refractivity contribution in [2.45, 2.75) is 39.0 Å². The highest BCUT2D eigenvalue weighted by Crippen LogP contribution is 2.21. The lowest BCUT2D eigenvalue weighted by Gasteiger charge is -1.96. The van der Waals surface area contributed by atoms with E-state index in [1.165, 1.54) is 11.3 Å². The van der Waals surface area contributed by atoms with E-state index in [0.29, 0.717) is 11.6 Å². The molecule has 2 N–H and O–H groups in total. The fourth-order valence-electron chi connectivity index (χ4n) is 1.38. The molecule has 0 aliphatic heterocycles. The zero-order valence-corrected chi connectivity index (χ0v) is 11.3. The molecule has 0 aromatic carbocycles. The number of sulfone groups is 1. The molecule has 1 aromatic heterocycles. The molecule has 1 aromatic rings. The Balaban J connectivity index is 2.90. The fourth-order valence-corrected chi connectivity index (χ4v) is 3.59. The molecule has 1 heterocycles. The first-order valence-electron chi connectivity index (χ1n) is 5.40. The molecule has 0 radical (unpaired) electrons. The zero-order valence-electron chi connectivity index (χ0n) is 9.69. The molecule has 0 bridgehead atoms. The van der Waals surface area contributed by atoms with Gasteiger partial charge in [0.1, 0.15) is 10.8 Å². The molecule has 0 spiro atoms. The largest absolute Gasteiger partial charge is 0.326 e. The van der Waals surface area contributed by atoms with Crippen LogP contribution in [0.25, 0.3) is 0 Å². The maximum atomic E-state index is 11.5. The van der Waals surface area contributed by atoms with Crippen molar-refractivity contribution in [2.24, 2.45) is 5.73 Å². The van der Waals surface area contributed by atoms with Gasteiger partial charge in [0, 0.05) is 17.2 Å². The van der Waals surface area contributed by atoms with Gasteiger partial charge in [0.2, 0.25) is 0 Å². The lowest BCUT2D eigenvalue weighted by molar-refractivity contribution is 0.596. The molecule has 16 heavy (non-hydrogen) atoms. The van der Waals surface area contributed by atoms with Crippen LogP contribution in [-0.4, -0.2) is 19.2 Å². The Morgan fingerprint density at radius 3 is 2.56 bits per heavy atom. The van der Waals surface area contributed by atoms with Crippen LogP contribution in [0.1, 0.15) is 35.8 Å². The van der Waals surface area contributed by atoms with E-state index in [9.17, 15) is 8.42 Å². The Morgan fingerprint density at radius 1 is 1.38 bits per heavy atom. The smallest absolute Gasteiger partial charge is 0.156 e. The number of rotatable bonds is 6. The minimum absolute atomic E-state index is 0.0465. The van der Waals surface area contributed by atoms with E-state index in [1.807, 2.05) is 0 Å². The second-order valence-electron chi connectivity index (χ2n) is 3.61. The Kier molecular flexibility index (Phi) is 4.89. The molecule has 92 valence electrons. The number of nitrogens with zero attached hydrogens (tertiary/aromatic N) is 1. The van der Waals surface area contributed by atoms with Gasteiger partial charge < -0.3 is 5.73 Å². The summed E-state index contributed by atoms with van der Waals surface area (Å²) in [5.41, 5.74) is 6.58. The summed E-state index contributed by atoms with van der Waals surface area (Å²) in [5.74, 6) is 0.207. The third-order valence-electron chi connectivity index (χ3n) is 2.28. The fraction of sp³-hybridized carbons (Fsp3) is 0.700. The summed E-state index contributed by atoms with van der Waals surface area (Å²) in [6.07, 6.45) is 1.87. The van der Waals surface area contributed by atoms with Gasteiger partial charge in [-0.3, -0.25) is 0 Å². The van der Waals surface area contributed by atoms with Gasteiger partial charge in [-0.15, -0.1) is 11.3 Å². The summed E-state index contributed by atoms with van der Waals surface area (Å²) in [4.78, 5) is 5.38. The van der Waals surface area contributed by atoms with Crippen molar-refractivity contribution in [3.63, 3.8) is 0 Å². The van der Waals surface area contributed by atoms with Crippen LogP contribution in [0.3, 0.4) is 0 Å². The zero-order chi connectivity index (χ0) is 12.2. The van der Waals surface area contributed by atoms with Crippen molar-refractivity contribution in [1.82, 2.24) is 4.98 Å². The molecule has 4 nitrogen and oxygen atoms in total. The predicted octanol–water partition coefficient (Wildman–Crippen LogP) is 1.49. The van der Waals surface area contributed by atoms with E-state index >= 15 is 0 Å². The van der Waals surface area contributed by atoms with E-state index in [4.69, 9.17) is 5.73 Å². The van der Waals surface area contributed by atoms with Crippen molar-refractivity contribution >= 4 is 21.2 Å². The van der Waals surface area contributed by atoms with Crippen molar-refractivity contribution in [2.75, 3.05) is 5.75 Å². The Hall–Kier alpha value is -0.460. The summed E-state index contributed by atoms with van der Waals surface area (Å²) in [6, 6.07) is 0. The van der Waals surface area contributed by atoms with E-state index in [-0.39, 0.29) is 11.5 Å². The highest BCUT2D eigenvalue weighted by molar-refractivity contribution is 7.90. The number of thiazole rings is 1. The lowest BCUT2D eigenvalue weighted by Crippen LogP contribution is -2.06. The van der Waals surface area contributed by atoms with Gasteiger partial charge in [-0.2, -0.15) is 0 Å². The Labute approximate surface area is 101 Å². The quantitative estimate of drug-likeness (QED) is 0.843.